The second-order valence-corrected chi connectivity index (χ2v) is 7.32. The van der Waals surface area contributed by atoms with E-state index < -0.39 is 11.4 Å². The number of hydrogen-bond acceptors (Lipinski definition) is 4. The van der Waals surface area contributed by atoms with Gasteiger partial charge in [-0.1, -0.05) is 36.6 Å². The Morgan fingerprint density at radius 3 is 2.39 bits per heavy atom. The Bertz CT molecular complexity index is 857. The summed E-state index contributed by atoms with van der Waals surface area (Å²) < 4.78 is 10.3. The molecule has 0 saturated heterocycles. The number of amides is 1. The van der Waals surface area contributed by atoms with E-state index >= 15 is 0 Å². The van der Waals surface area contributed by atoms with E-state index in [4.69, 9.17) is 21.1 Å². The maximum absolute atomic E-state index is 13.3. The molecule has 0 spiro atoms. The van der Waals surface area contributed by atoms with Crippen LogP contribution in [0.25, 0.3) is 0 Å². The number of anilines is 1. The topological polar surface area (TPSA) is 64.6 Å². The fraction of sp³-hybridized carbons (Fsp3) is 0.364. The van der Waals surface area contributed by atoms with Crippen molar-refractivity contribution in [1.29, 1.82) is 0 Å². The Balaban J connectivity index is 1.89. The molecule has 1 amide bonds. The Kier molecular flexibility index (Phi) is 6.25. The molecule has 2 aromatic rings. The first kappa shape index (κ1) is 20.2. The van der Waals surface area contributed by atoms with Crippen LogP contribution in [0.2, 0.25) is 5.02 Å². The van der Waals surface area contributed by atoms with Gasteiger partial charge in [0.2, 0.25) is 5.91 Å². The molecule has 148 valence electrons. The first-order valence-electron chi connectivity index (χ1n) is 9.43. The van der Waals surface area contributed by atoms with Crippen molar-refractivity contribution in [3.63, 3.8) is 0 Å². The first-order valence-corrected chi connectivity index (χ1v) is 9.80. The lowest BCUT2D eigenvalue weighted by atomic mass is 9.78. The summed E-state index contributed by atoms with van der Waals surface area (Å²) in [6.45, 7) is 2.00. The predicted molar refractivity (Wildman–Crippen MR) is 109 cm³/mol. The minimum Gasteiger partial charge on any atom is -0.496 e. The summed E-state index contributed by atoms with van der Waals surface area (Å²) in [6, 6.07) is 12.5. The highest BCUT2D eigenvalue weighted by atomic mass is 35.5. The van der Waals surface area contributed by atoms with Gasteiger partial charge >= 0.3 is 5.97 Å². The van der Waals surface area contributed by atoms with Crippen molar-refractivity contribution < 1.29 is 19.1 Å². The second-order valence-electron chi connectivity index (χ2n) is 6.89. The number of hydrogen-bond donors (Lipinski definition) is 1. The van der Waals surface area contributed by atoms with Crippen molar-refractivity contribution in [3.05, 3.63) is 58.6 Å². The zero-order chi connectivity index (χ0) is 20.1. The summed E-state index contributed by atoms with van der Waals surface area (Å²) in [7, 11) is 1.49. The van der Waals surface area contributed by atoms with E-state index in [1.807, 2.05) is 24.3 Å². The van der Waals surface area contributed by atoms with Gasteiger partial charge in [-0.25, -0.2) is 4.79 Å². The van der Waals surface area contributed by atoms with E-state index in [1.165, 1.54) is 7.11 Å². The summed E-state index contributed by atoms with van der Waals surface area (Å²) in [5, 5.41) is 3.64. The molecule has 0 bridgehead atoms. The standard InChI is InChI=1S/C22H24ClNO4/c1-3-28-20(25)18-14-17(10-11-19(18)27-2)24-21(26)22(12-4-5-13-22)15-6-8-16(23)9-7-15/h6-11,14H,3-5,12-13H2,1-2H3,(H,24,26). The average Bonchev–Trinajstić information content (AvgIpc) is 3.20. The third-order valence-electron chi connectivity index (χ3n) is 5.24. The van der Waals surface area contributed by atoms with Crippen LogP contribution < -0.4 is 10.1 Å². The number of rotatable bonds is 6. The molecule has 0 radical (unpaired) electrons. The molecule has 1 aliphatic rings. The van der Waals surface area contributed by atoms with Crippen molar-refractivity contribution in [2.24, 2.45) is 0 Å². The van der Waals surface area contributed by atoms with Crippen LogP contribution in [0.15, 0.2) is 42.5 Å². The Morgan fingerprint density at radius 1 is 1.11 bits per heavy atom. The molecule has 1 saturated carbocycles. The van der Waals surface area contributed by atoms with Crippen molar-refractivity contribution in [3.8, 4) is 5.75 Å². The van der Waals surface area contributed by atoms with Crippen LogP contribution in [-0.2, 0) is 14.9 Å². The van der Waals surface area contributed by atoms with Crippen LogP contribution in [0.4, 0.5) is 5.69 Å². The number of benzene rings is 2. The number of esters is 1. The highest BCUT2D eigenvalue weighted by molar-refractivity contribution is 6.30. The minimum atomic E-state index is -0.589. The van der Waals surface area contributed by atoms with Gasteiger partial charge in [-0.05, 0) is 55.7 Å². The fourth-order valence-electron chi connectivity index (χ4n) is 3.80. The van der Waals surface area contributed by atoms with Crippen molar-refractivity contribution in [2.45, 2.75) is 38.0 Å². The van der Waals surface area contributed by atoms with E-state index in [1.54, 1.807) is 25.1 Å². The minimum absolute atomic E-state index is 0.0766. The quantitative estimate of drug-likeness (QED) is 0.693. The van der Waals surface area contributed by atoms with Gasteiger partial charge in [-0.2, -0.15) is 0 Å². The third kappa shape index (κ3) is 3.99. The third-order valence-corrected chi connectivity index (χ3v) is 5.49. The van der Waals surface area contributed by atoms with E-state index in [2.05, 4.69) is 5.32 Å². The molecule has 0 atom stereocenters. The summed E-state index contributed by atoms with van der Waals surface area (Å²) in [5.41, 5.74) is 1.20. The monoisotopic (exact) mass is 401 g/mol. The van der Waals surface area contributed by atoms with Crippen LogP contribution in [0.5, 0.6) is 5.75 Å². The largest absolute Gasteiger partial charge is 0.496 e. The molecule has 1 fully saturated rings. The SMILES string of the molecule is CCOC(=O)c1cc(NC(=O)C2(c3ccc(Cl)cc3)CCCC2)ccc1OC. The van der Waals surface area contributed by atoms with E-state index in [0.29, 0.717) is 16.5 Å². The average molecular weight is 402 g/mol. The fourth-order valence-corrected chi connectivity index (χ4v) is 3.93. The molecule has 0 heterocycles. The maximum atomic E-state index is 13.3. The number of carbonyl (C=O) groups excluding carboxylic acids is 2. The zero-order valence-corrected chi connectivity index (χ0v) is 16.8. The van der Waals surface area contributed by atoms with Gasteiger partial charge in [-0.3, -0.25) is 4.79 Å². The lowest BCUT2D eigenvalue weighted by Gasteiger charge is -2.28. The van der Waals surface area contributed by atoms with Gasteiger partial charge in [0.1, 0.15) is 11.3 Å². The zero-order valence-electron chi connectivity index (χ0n) is 16.1. The molecule has 3 rings (SSSR count). The van der Waals surface area contributed by atoms with Crippen LogP contribution in [0.1, 0.15) is 48.5 Å². The Labute approximate surface area is 170 Å². The maximum Gasteiger partial charge on any atom is 0.341 e. The molecule has 28 heavy (non-hydrogen) atoms. The normalized spacial score (nSPS) is 15.1. The first-order chi connectivity index (χ1) is 13.5. The van der Waals surface area contributed by atoms with Gasteiger partial charge in [-0.15, -0.1) is 0 Å². The Morgan fingerprint density at radius 2 is 1.79 bits per heavy atom. The highest BCUT2D eigenvalue weighted by Gasteiger charge is 2.42. The van der Waals surface area contributed by atoms with E-state index in [9.17, 15) is 9.59 Å². The highest BCUT2D eigenvalue weighted by Crippen LogP contribution is 2.42. The Hall–Kier alpha value is -2.53. The number of nitrogens with one attached hydrogen (secondary N) is 1. The van der Waals surface area contributed by atoms with Crippen molar-refractivity contribution in [1.82, 2.24) is 0 Å². The smallest absolute Gasteiger partial charge is 0.341 e. The number of ether oxygens (including phenoxy) is 2. The predicted octanol–water partition coefficient (Wildman–Crippen LogP) is 4.98. The molecule has 2 aromatic carbocycles. The number of methoxy groups -OCH3 is 1. The summed E-state index contributed by atoms with van der Waals surface area (Å²) in [5.74, 6) is -0.152. The van der Waals surface area contributed by atoms with Gasteiger partial charge in [0.15, 0.2) is 0 Å². The molecule has 0 aliphatic heterocycles. The van der Waals surface area contributed by atoms with Gasteiger partial charge < -0.3 is 14.8 Å². The van der Waals surface area contributed by atoms with Crippen LogP contribution in [-0.4, -0.2) is 25.6 Å². The number of halogens is 1. The number of carbonyl (C=O) groups is 2. The lowest BCUT2D eigenvalue weighted by Crippen LogP contribution is -2.38. The molecule has 5 nitrogen and oxygen atoms in total. The molecule has 6 heteroatoms. The van der Waals surface area contributed by atoms with Crippen LogP contribution in [0.3, 0.4) is 0 Å². The van der Waals surface area contributed by atoms with Gasteiger partial charge in [0.25, 0.3) is 0 Å². The van der Waals surface area contributed by atoms with Gasteiger partial charge in [0.05, 0.1) is 19.1 Å². The molecule has 0 unspecified atom stereocenters. The lowest BCUT2D eigenvalue weighted by molar-refractivity contribution is -0.121. The summed E-state index contributed by atoms with van der Waals surface area (Å²) in [4.78, 5) is 25.5. The molecule has 0 aromatic heterocycles. The molecule has 1 N–H and O–H groups in total. The van der Waals surface area contributed by atoms with Crippen LogP contribution >= 0.6 is 11.6 Å². The molecular weight excluding hydrogens is 378 g/mol. The summed E-state index contributed by atoms with van der Waals surface area (Å²) in [6.07, 6.45) is 3.54. The molecular formula is C22H24ClNO4. The second kappa shape index (κ2) is 8.65. The van der Waals surface area contributed by atoms with E-state index in [-0.39, 0.29) is 18.1 Å². The van der Waals surface area contributed by atoms with E-state index in [0.717, 1.165) is 31.2 Å². The van der Waals surface area contributed by atoms with Gasteiger partial charge in [0, 0.05) is 10.7 Å². The molecule has 1 aliphatic carbocycles. The summed E-state index contributed by atoms with van der Waals surface area (Å²) >= 11 is 6.02. The van der Waals surface area contributed by atoms with Crippen molar-refractivity contribution in [2.75, 3.05) is 19.0 Å². The van der Waals surface area contributed by atoms with Crippen molar-refractivity contribution >= 4 is 29.2 Å². The van der Waals surface area contributed by atoms with Crippen LogP contribution in [0, 0.1) is 0 Å².